The first-order valence-electron chi connectivity index (χ1n) is 9.75. The van der Waals surface area contributed by atoms with Gasteiger partial charge in [-0.15, -0.1) is 0 Å². The summed E-state index contributed by atoms with van der Waals surface area (Å²) in [6.07, 6.45) is 1.28. The minimum Gasteiger partial charge on any atom is -0.478 e. The van der Waals surface area contributed by atoms with Gasteiger partial charge in [0, 0.05) is 11.6 Å². The molecule has 4 rings (SSSR count). The largest absolute Gasteiger partial charge is 0.478 e. The van der Waals surface area contributed by atoms with Crippen molar-refractivity contribution in [3.63, 3.8) is 0 Å². The highest BCUT2D eigenvalue weighted by molar-refractivity contribution is 6.33. The van der Waals surface area contributed by atoms with E-state index in [1.54, 1.807) is 6.07 Å². The molecule has 0 saturated carbocycles. The summed E-state index contributed by atoms with van der Waals surface area (Å²) < 4.78 is 19.3. The molecule has 34 heavy (non-hydrogen) atoms. The Morgan fingerprint density at radius 2 is 1.91 bits per heavy atom. The lowest BCUT2D eigenvalue weighted by Crippen LogP contribution is -2.38. The predicted octanol–water partition coefficient (Wildman–Crippen LogP) is 3.97. The molecule has 1 aliphatic rings. The lowest BCUT2D eigenvalue weighted by molar-refractivity contribution is -0.127. The van der Waals surface area contributed by atoms with Crippen molar-refractivity contribution in [3.8, 4) is 11.3 Å². The zero-order valence-corrected chi connectivity index (χ0v) is 17.9. The number of carbonyl (C=O) groups excluding carboxylic acids is 3. The van der Waals surface area contributed by atoms with Crippen LogP contribution in [0.4, 0.5) is 14.9 Å². The summed E-state index contributed by atoms with van der Waals surface area (Å²) in [4.78, 5) is 48.8. The maximum absolute atomic E-state index is 13.7. The monoisotopic (exact) mass is 483 g/mol. The van der Waals surface area contributed by atoms with E-state index in [1.165, 1.54) is 48.5 Å². The van der Waals surface area contributed by atoms with E-state index < -0.39 is 36.2 Å². The molecule has 0 spiro atoms. The molecule has 2 heterocycles. The normalized spacial score (nSPS) is 14.4. The van der Waals surface area contributed by atoms with Gasteiger partial charge in [0.2, 0.25) is 5.91 Å². The molecule has 4 amide bonds. The molecule has 0 bridgehead atoms. The van der Waals surface area contributed by atoms with E-state index in [1.807, 2.05) is 0 Å². The van der Waals surface area contributed by atoms with Gasteiger partial charge in [-0.25, -0.2) is 18.9 Å². The highest BCUT2D eigenvalue weighted by Crippen LogP contribution is 2.28. The van der Waals surface area contributed by atoms with Gasteiger partial charge in [-0.1, -0.05) is 29.8 Å². The highest BCUT2D eigenvalue weighted by atomic mass is 35.5. The number of rotatable bonds is 6. The van der Waals surface area contributed by atoms with Crippen molar-refractivity contribution in [2.24, 2.45) is 0 Å². The number of aromatic carboxylic acids is 1. The summed E-state index contributed by atoms with van der Waals surface area (Å²) in [5.74, 6) is -2.76. The molecule has 0 radical (unpaired) electrons. The number of benzene rings is 2. The van der Waals surface area contributed by atoms with Crippen molar-refractivity contribution >= 4 is 47.2 Å². The number of hydrogen-bond acceptors (Lipinski definition) is 5. The van der Waals surface area contributed by atoms with Crippen LogP contribution in [-0.2, 0) is 9.59 Å². The van der Waals surface area contributed by atoms with E-state index >= 15 is 0 Å². The molecule has 1 aliphatic heterocycles. The van der Waals surface area contributed by atoms with Gasteiger partial charge < -0.3 is 20.2 Å². The molecular weight excluding hydrogens is 469 g/mol. The molecule has 3 aromatic rings. The SMILES string of the molecule is O=C(CN1C(=O)N/C(=C/c2ccc(-c3ccc(C(=O)O)c(Cl)c3)o2)C1=O)Nc1ccccc1F. The maximum Gasteiger partial charge on any atom is 0.337 e. The second-order valence-electron chi connectivity index (χ2n) is 7.11. The van der Waals surface area contributed by atoms with Crippen LogP contribution >= 0.6 is 11.6 Å². The van der Waals surface area contributed by atoms with E-state index in [-0.39, 0.29) is 27.7 Å². The summed E-state index contributed by atoms with van der Waals surface area (Å²) in [6.45, 7) is -0.617. The smallest absolute Gasteiger partial charge is 0.337 e. The zero-order valence-electron chi connectivity index (χ0n) is 17.2. The number of furan rings is 1. The number of carbonyl (C=O) groups is 4. The van der Waals surface area contributed by atoms with Gasteiger partial charge in [0.05, 0.1) is 16.3 Å². The molecule has 1 fully saturated rings. The Labute approximate surface area is 196 Å². The van der Waals surface area contributed by atoms with Crippen LogP contribution in [0.3, 0.4) is 0 Å². The quantitative estimate of drug-likeness (QED) is 0.359. The van der Waals surface area contributed by atoms with Crippen LogP contribution in [0.1, 0.15) is 16.1 Å². The van der Waals surface area contributed by atoms with Crippen molar-refractivity contribution in [2.45, 2.75) is 0 Å². The van der Waals surface area contributed by atoms with Crippen molar-refractivity contribution in [2.75, 3.05) is 11.9 Å². The number of para-hydroxylation sites is 1. The summed E-state index contributed by atoms with van der Waals surface area (Å²) in [6, 6.07) is 12.1. The summed E-state index contributed by atoms with van der Waals surface area (Å²) in [5.41, 5.74) is 0.254. The molecule has 172 valence electrons. The molecule has 2 aromatic carbocycles. The maximum atomic E-state index is 13.7. The van der Waals surface area contributed by atoms with Crippen LogP contribution in [0.25, 0.3) is 17.4 Å². The van der Waals surface area contributed by atoms with Crippen molar-refractivity contribution in [3.05, 3.63) is 82.5 Å². The van der Waals surface area contributed by atoms with Crippen molar-refractivity contribution in [1.29, 1.82) is 0 Å². The van der Waals surface area contributed by atoms with Crippen LogP contribution in [-0.4, -0.2) is 40.4 Å². The van der Waals surface area contributed by atoms with Gasteiger partial charge in [-0.3, -0.25) is 9.59 Å². The fraction of sp³-hybridized carbons (Fsp3) is 0.0435. The summed E-state index contributed by atoms with van der Waals surface area (Å²) >= 11 is 5.99. The van der Waals surface area contributed by atoms with Crippen LogP contribution < -0.4 is 10.6 Å². The van der Waals surface area contributed by atoms with E-state index in [9.17, 15) is 23.6 Å². The summed E-state index contributed by atoms with van der Waals surface area (Å²) in [7, 11) is 0. The topological polar surface area (TPSA) is 129 Å². The number of carboxylic acids is 1. The van der Waals surface area contributed by atoms with Crippen LogP contribution in [0.15, 0.2) is 64.7 Å². The predicted molar refractivity (Wildman–Crippen MR) is 119 cm³/mol. The third kappa shape index (κ3) is 4.66. The third-order valence-electron chi connectivity index (χ3n) is 4.81. The van der Waals surface area contributed by atoms with E-state index in [4.69, 9.17) is 21.1 Å². The number of nitrogens with one attached hydrogen (secondary N) is 2. The Balaban J connectivity index is 1.47. The second-order valence-corrected chi connectivity index (χ2v) is 7.52. The van der Waals surface area contributed by atoms with E-state index in [0.717, 1.165) is 6.07 Å². The Morgan fingerprint density at radius 3 is 2.62 bits per heavy atom. The van der Waals surface area contributed by atoms with Gasteiger partial charge in [0.15, 0.2) is 0 Å². The number of hydrogen-bond donors (Lipinski definition) is 3. The number of urea groups is 1. The Bertz CT molecular complexity index is 1370. The van der Waals surface area contributed by atoms with E-state index in [2.05, 4.69) is 10.6 Å². The molecule has 0 atom stereocenters. The third-order valence-corrected chi connectivity index (χ3v) is 5.12. The van der Waals surface area contributed by atoms with Gasteiger partial charge in [0.25, 0.3) is 5.91 Å². The molecular formula is C23H15ClFN3O6. The highest BCUT2D eigenvalue weighted by Gasteiger charge is 2.35. The Hall–Kier alpha value is -4.44. The average molecular weight is 484 g/mol. The second kappa shape index (κ2) is 9.20. The van der Waals surface area contributed by atoms with E-state index in [0.29, 0.717) is 16.2 Å². The fourth-order valence-corrected chi connectivity index (χ4v) is 3.44. The number of carboxylic acid groups (broad SMARTS) is 1. The Kier molecular flexibility index (Phi) is 6.15. The van der Waals surface area contributed by atoms with Gasteiger partial charge >= 0.3 is 12.0 Å². The molecule has 1 saturated heterocycles. The number of imide groups is 1. The molecule has 3 N–H and O–H groups in total. The minimum atomic E-state index is -1.16. The minimum absolute atomic E-state index is 0.0313. The lowest BCUT2D eigenvalue weighted by atomic mass is 10.1. The molecule has 11 heteroatoms. The van der Waals surface area contributed by atoms with Crippen LogP contribution in [0, 0.1) is 5.82 Å². The molecule has 1 aromatic heterocycles. The number of nitrogens with zero attached hydrogens (tertiary/aromatic N) is 1. The lowest BCUT2D eigenvalue weighted by Gasteiger charge is -2.12. The van der Waals surface area contributed by atoms with Gasteiger partial charge in [0.1, 0.15) is 29.6 Å². The van der Waals surface area contributed by atoms with Crippen LogP contribution in [0.2, 0.25) is 5.02 Å². The first-order valence-corrected chi connectivity index (χ1v) is 10.1. The average Bonchev–Trinajstić information content (AvgIpc) is 3.35. The zero-order chi connectivity index (χ0) is 24.4. The summed E-state index contributed by atoms with van der Waals surface area (Å²) in [5, 5.41) is 13.8. The molecule has 0 unspecified atom stereocenters. The first-order chi connectivity index (χ1) is 16.2. The van der Waals surface area contributed by atoms with Crippen molar-refractivity contribution < 1.29 is 33.1 Å². The first kappa shape index (κ1) is 22.7. The van der Waals surface area contributed by atoms with Gasteiger partial charge in [-0.2, -0.15) is 0 Å². The van der Waals surface area contributed by atoms with Gasteiger partial charge in [-0.05, 0) is 36.4 Å². The van der Waals surface area contributed by atoms with Crippen LogP contribution in [0.5, 0.6) is 0 Å². The number of amides is 4. The molecule has 0 aliphatic carbocycles. The number of halogens is 2. The van der Waals surface area contributed by atoms with Crippen molar-refractivity contribution in [1.82, 2.24) is 10.2 Å². The Morgan fingerprint density at radius 1 is 1.15 bits per heavy atom. The standard InChI is InChI=1S/C23H15ClFN3O6/c24-15-9-12(5-7-14(15)22(31)32)19-8-6-13(34-19)10-18-21(30)28(23(33)27-18)11-20(29)26-17-4-2-1-3-16(17)25/h1-10H,11H2,(H,26,29)(H,27,33)(H,31,32)/b18-10+. The molecule has 9 nitrogen and oxygen atoms in total. The number of anilines is 1. The fourth-order valence-electron chi connectivity index (χ4n) is 3.18.